The number of aromatic amines is 1. The summed E-state index contributed by atoms with van der Waals surface area (Å²) in [6.45, 7) is 2.33. The molecule has 6 nitrogen and oxygen atoms in total. The van der Waals surface area contributed by atoms with Crippen LogP contribution >= 0.6 is 0 Å². The minimum Gasteiger partial charge on any atom is -0.493 e. The highest BCUT2D eigenvalue weighted by molar-refractivity contribution is 5.55. The van der Waals surface area contributed by atoms with Crippen LogP contribution in [0.15, 0.2) is 42.5 Å². The van der Waals surface area contributed by atoms with Gasteiger partial charge in [-0.1, -0.05) is 18.2 Å². The molecule has 0 saturated heterocycles. The van der Waals surface area contributed by atoms with Gasteiger partial charge in [0.05, 0.1) is 25.3 Å². The van der Waals surface area contributed by atoms with Gasteiger partial charge in [-0.3, -0.25) is 5.10 Å². The molecule has 148 valence electrons. The maximum Gasteiger partial charge on any atom is 0.416 e. The fourth-order valence-corrected chi connectivity index (χ4v) is 2.66. The summed E-state index contributed by atoms with van der Waals surface area (Å²) in [5.41, 5.74) is 6.71. The number of halogens is 3. The number of nitrogens with zero attached hydrogens (tertiary/aromatic N) is 2. The highest BCUT2D eigenvalue weighted by Gasteiger charge is 2.30. The molecule has 1 aromatic heterocycles. The third-order valence-electron chi connectivity index (χ3n) is 4.11. The van der Waals surface area contributed by atoms with Crippen LogP contribution in [-0.4, -0.2) is 28.9 Å². The van der Waals surface area contributed by atoms with E-state index in [1.165, 1.54) is 12.1 Å². The Balaban J connectivity index is 1.84. The topological polar surface area (TPSA) is 86.0 Å². The van der Waals surface area contributed by atoms with Crippen LogP contribution in [0.3, 0.4) is 0 Å². The van der Waals surface area contributed by atoms with E-state index in [0.29, 0.717) is 29.5 Å². The van der Waals surface area contributed by atoms with Gasteiger partial charge in [-0.25, -0.2) is 4.98 Å². The summed E-state index contributed by atoms with van der Waals surface area (Å²) in [5.74, 6) is 1.78. The molecule has 0 fully saturated rings. The number of nitrogens with one attached hydrogen (secondary N) is 1. The van der Waals surface area contributed by atoms with Crippen molar-refractivity contribution in [3.8, 4) is 22.9 Å². The summed E-state index contributed by atoms with van der Waals surface area (Å²) < 4.78 is 48.9. The van der Waals surface area contributed by atoms with Crippen molar-refractivity contribution in [3.63, 3.8) is 0 Å². The summed E-state index contributed by atoms with van der Waals surface area (Å²) in [4.78, 5) is 4.32. The summed E-state index contributed by atoms with van der Waals surface area (Å²) in [6.07, 6.45) is -4.39. The molecular weight excluding hydrogens is 373 g/mol. The third-order valence-corrected chi connectivity index (χ3v) is 4.11. The molecule has 0 aliphatic rings. The molecule has 1 heterocycles. The van der Waals surface area contributed by atoms with Crippen LogP contribution in [0, 0.1) is 0 Å². The standard InChI is InChI=1S/C19H19F3N4O2/c1-3-28-15-10-12(6-9-14(15)27-2)16(23)18-24-17(25-26-18)11-4-7-13(8-5-11)19(20,21)22/h4-10,16H,3,23H2,1-2H3,(H,24,25,26). The Hall–Kier alpha value is -3.07. The number of methoxy groups -OCH3 is 1. The van der Waals surface area contributed by atoms with E-state index in [4.69, 9.17) is 15.2 Å². The number of ether oxygens (including phenoxy) is 2. The number of H-pyrrole nitrogens is 1. The van der Waals surface area contributed by atoms with Gasteiger partial charge >= 0.3 is 6.18 Å². The molecule has 1 unspecified atom stereocenters. The lowest BCUT2D eigenvalue weighted by molar-refractivity contribution is -0.137. The molecule has 3 N–H and O–H groups in total. The van der Waals surface area contributed by atoms with Crippen LogP contribution in [-0.2, 0) is 6.18 Å². The molecule has 0 aliphatic heterocycles. The predicted octanol–water partition coefficient (Wildman–Crippen LogP) is 3.95. The first-order chi connectivity index (χ1) is 13.3. The summed E-state index contributed by atoms with van der Waals surface area (Å²) in [6, 6.07) is 9.28. The van der Waals surface area contributed by atoms with Crippen molar-refractivity contribution in [1.29, 1.82) is 0 Å². The Labute approximate surface area is 159 Å². The molecule has 0 bridgehead atoms. The largest absolute Gasteiger partial charge is 0.493 e. The zero-order chi connectivity index (χ0) is 20.3. The zero-order valence-electron chi connectivity index (χ0n) is 15.2. The molecular formula is C19H19F3N4O2. The Bertz CT molecular complexity index is 939. The smallest absolute Gasteiger partial charge is 0.416 e. The van der Waals surface area contributed by atoms with Crippen LogP contribution in [0.4, 0.5) is 13.2 Å². The van der Waals surface area contributed by atoms with Crippen molar-refractivity contribution < 1.29 is 22.6 Å². The Morgan fingerprint density at radius 2 is 1.82 bits per heavy atom. The summed E-state index contributed by atoms with van der Waals surface area (Å²) in [5, 5.41) is 6.81. The molecule has 3 rings (SSSR count). The van der Waals surface area contributed by atoms with E-state index in [0.717, 1.165) is 17.7 Å². The van der Waals surface area contributed by atoms with Gasteiger partial charge in [0.2, 0.25) is 0 Å². The lowest BCUT2D eigenvalue weighted by atomic mass is 10.1. The molecule has 0 radical (unpaired) electrons. The molecule has 28 heavy (non-hydrogen) atoms. The average molecular weight is 392 g/mol. The monoisotopic (exact) mass is 392 g/mol. The van der Waals surface area contributed by atoms with Gasteiger partial charge in [0, 0.05) is 5.56 Å². The van der Waals surface area contributed by atoms with Crippen molar-refractivity contribution in [3.05, 3.63) is 59.4 Å². The van der Waals surface area contributed by atoms with Gasteiger partial charge in [0.1, 0.15) is 5.82 Å². The predicted molar refractivity (Wildman–Crippen MR) is 97.0 cm³/mol. The van der Waals surface area contributed by atoms with Crippen molar-refractivity contribution in [2.45, 2.75) is 19.1 Å². The second-order valence-corrected chi connectivity index (χ2v) is 5.94. The fraction of sp³-hybridized carbons (Fsp3) is 0.263. The van der Waals surface area contributed by atoms with Gasteiger partial charge in [0.25, 0.3) is 0 Å². The maximum absolute atomic E-state index is 12.7. The number of nitrogens with two attached hydrogens (primary N) is 1. The third kappa shape index (κ3) is 4.09. The number of rotatable bonds is 6. The lowest BCUT2D eigenvalue weighted by Crippen LogP contribution is -2.14. The number of hydrogen-bond acceptors (Lipinski definition) is 5. The minimum atomic E-state index is -4.39. The number of benzene rings is 2. The normalized spacial score (nSPS) is 12.6. The molecule has 3 aromatic rings. The van der Waals surface area contributed by atoms with Crippen molar-refractivity contribution >= 4 is 0 Å². The summed E-state index contributed by atoms with van der Waals surface area (Å²) >= 11 is 0. The van der Waals surface area contributed by atoms with Crippen LogP contribution in [0.1, 0.15) is 29.9 Å². The fourth-order valence-electron chi connectivity index (χ4n) is 2.66. The van der Waals surface area contributed by atoms with E-state index in [-0.39, 0.29) is 5.82 Å². The first-order valence-electron chi connectivity index (χ1n) is 8.49. The van der Waals surface area contributed by atoms with Gasteiger partial charge in [-0.2, -0.15) is 18.3 Å². The van der Waals surface area contributed by atoms with E-state index < -0.39 is 17.8 Å². The lowest BCUT2D eigenvalue weighted by Gasteiger charge is -2.14. The maximum atomic E-state index is 12.7. The van der Waals surface area contributed by atoms with Gasteiger partial charge in [-0.15, -0.1) is 0 Å². The first kappa shape index (κ1) is 19.7. The zero-order valence-corrected chi connectivity index (χ0v) is 15.2. The molecule has 0 spiro atoms. The SMILES string of the molecule is CCOc1cc(C(N)c2nc(-c3ccc(C(F)(F)F)cc3)n[nH]2)ccc1OC. The van der Waals surface area contributed by atoms with Crippen LogP contribution in [0.2, 0.25) is 0 Å². The van der Waals surface area contributed by atoms with Gasteiger partial charge in [0.15, 0.2) is 17.3 Å². The van der Waals surface area contributed by atoms with E-state index in [9.17, 15) is 13.2 Å². The average Bonchev–Trinajstić information content (AvgIpc) is 3.17. The number of alkyl halides is 3. The van der Waals surface area contributed by atoms with Gasteiger partial charge in [-0.05, 0) is 36.8 Å². The van der Waals surface area contributed by atoms with Gasteiger partial charge < -0.3 is 15.2 Å². The molecule has 9 heteroatoms. The number of hydrogen-bond donors (Lipinski definition) is 2. The van der Waals surface area contributed by atoms with Crippen molar-refractivity contribution in [2.24, 2.45) is 5.73 Å². The van der Waals surface area contributed by atoms with E-state index in [1.54, 1.807) is 25.3 Å². The Morgan fingerprint density at radius 3 is 2.43 bits per heavy atom. The van der Waals surface area contributed by atoms with Crippen molar-refractivity contribution in [2.75, 3.05) is 13.7 Å². The second kappa shape index (κ2) is 7.89. The van der Waals surface area contributed by atoms with E-state index in [1.807, 2.05) is 6.92 Å². The van der Waals surface area contributed by atoms with E-state index in [2.05, 4.69) is 15.2 Å². The first-order valence-corrected chi connectivity index (χ1v) is 8.49. The van der Waals surface area contributed by atoms with Crippen LogP contribution < -0.4 is 15.2 Å². The highest BCUT2D eigenvalue weighted by Crippen LogP contribution is 2.32. The van der Waals surface area contributed by atoms with Crippen LogP contribution in [0.25, 0.3) is 11.4 Å². The molecule has 0 aliphatic carbocycles. The number of aromatic nitrogens is 3. The Kier molecular flexibility index (Phi) is 5.55. The van der Waals surface area contributed by atoms with Crippen molar-refractivity contribution in [1.82, 2.24) is 15.2 Å². The molecule has 0 amide bonds. The summed E-state index contributed by atoms with van der Waals surface area (Å²) in [7, 11) is 1.55. The Morgan fingerprint density at radius 1 is 1.11 bits per heavy atom. The second-order valence-electron chi connectivity index (χ2n) is 5.94. The quantitative estimate of drug-likeness (QED) is 0.664. The highest BCUT2D eigenvalue weighted by atomic mass is 19.4. The molecule has 1 atom stereocenters. The minimum absolute atomic E-state index is 0.262. The molecule has 2 aromatic carbocycles. The van der Waals surface area contributed by atoms with Crippen LogP contribution in [0.5, 0.6) is 11.5 Å². The van der Waals surface area contributed by atoms with E-state index >= 15 is 0 Å². The molecule has 0 saturated carbocycles.